The third kappa shape index (κ3) is 8.29. The van der Waals surface area contributed by atoms with E-state index < -0.39 is 31.1 Å². The largest absolute Gasteiger partial charge is 0.895 e. The van der Waals surface area contributed by atoms with Crippen molar-refractivity contribution < 1.29 is 11.1 Å². The zero-order valence-corrected chi connectivity index (χ0v) is 23.8. The summed E-state index contributed by atoms with van der Waals surface area (Å²) in [6, 6.07) is 29.8. The Morgan fingerprint density at radius 2 is 0.848 bits per heavy atom. The lowest BCUT2D eigenvalue weighted by atomic mass is 10.3. The highest BCUT2D eigenvalue weighted by molar-refractivity contribution is 7.09. The third-order valence-electron chi connectivity index (χ3n) is 4.58. The standard InChI is InChI=1S/C18H15OSi.2C2H2Cl3O.Al/c19-20(16-10-4-1-5-11-16,17-12-6-2-7-13-17)18-14-8-3-9-15-18;2*3-2(4,5)1-6;/h1-15H;2*1H2;/q3*-1;+3. The molecule has 3 nitrogen and oxygen atoms in total. The molecule has 0 saturated heterocycles. The Labute approximate surface area is 229 Å². The van der Waals surface area contributed by atoms with Gasteiger partial charge in [-0.15, -0.1) is 0 Å². The molecule has 0 heterocycles. The maximum atomic E-state index is 6.87. The second-order valence-corrected chi connectivity index (χ2v) is 17.4. The topological polar surface area (TPSA) is 27.7 Å². The first-order valence-electron chi connectivity index (χ1n) is 9.81. The van der Waals surface area contributed by atoms with E-state index in [0.717, 1.165) is 15.6 Å². The molecule has 0 spiro atoms. The average Bonchev–Trinajstić information content (AvgIpc) is 2.79. The van der Waals surface area contributed by atoms with Gasteiger partial charge in [-0.1, -0.05) is 161 Å². The molecule has 0 aliphatic rings. The fourth-order valence-electron chi connectivity index (χ4n) is 3.31. The molecule has 0 aromatic heterocycles. The SMILES string of the molecule is ClC(Cl)(Cl)C[O][Al]([O]CC(Cl)(Cl)Cl)[O][Si](c1ccccc1)(c1ccccc1)c1ccccc1. The zero-order valence-electron chi connectivity index (χ0n) is 17.1. The molecular formula is C22H19AlCl6O3Si. The second-order valence-electron chi connectivity index (χ2n) is 7.04. The Bertz CT molecular complexity index is 873. The Hall–Kier alpha value is 0.0294. The molecule has 0 unspecified atom stereocenters. The highest BCUT2D eigenvalue weighted by Gasteiger charge is 2.50. The summed E-state index contributed by atoms with van der Waals surface area (Å²) in [6.07, 6.45) is 0. The Kier molecular flexibility index (Phi) is 10.3. The minimum atomic E-state index is -3.13. The molecule has 11 heteroatoms. The summed E-state index contributed by atoms with van der Waals surface area (Å²) in [5, 5.41) is 2.99. The molecule has 0 bridgehead atoms. The first-order valence-corrected chi connectivity index (χ1v) is 15.4. The molecule has 0 aliphatic carbocycles. The molecule has 3 aromatic rings. The van der Waals surface area contributed by atoms with Crippen LogP contribution in [0.4, 0.5) is 0 Å². The highest BCUT2D eigenvalue weighted by atomic mass is 35.6. The van der Waals surface area contributed by atoms with Gasteiger partial charge in [-0.05, 0) is 15.6 Å². The van der Waals surface area contributed by atoms with Crippen molar-refractivity contribution in [1.82, 2.24) is 0 Å². The fourth-order valence-corrected chi connectivity index (χ4v) is 11.5. The van der Waals surface area contributed by atoms with Crippen LogP contribution in [0.5, 0.6) is 0 Å². The van der Waals surface area contributed by atoms with Crippen molar-refractivity contribution in [3.05, 3.63) is 91.0 Å². The van der Waals surface area contributed by atoms with E-state index in [1.54, 1.807) is 0 Å². The molecule has 0 aliphatic heterocycles. The second kappa shape index (κ2) is 12.3. The summed E-state index contributed by atoms with van der Waals surface area (Å²) in [5.41, 5.74) is 0. The quantitative estimate of drug-likeness (QED) is 0.187. The van der Waals surface area contributed by atoms with Crippen LogP contribution in [0.1, 0.15) is 0 Å². The highest BCUT2D eigenvalue weighted by Crippen LogP contribution is 2.29. The molecule has 0 amide bonds. The van der Waals surface area contributed by atoms with Gasteiger partial charge in [0.15, 0.2) is 0 Å². The van der Waals surface area contributed by atoms with E-state index in [1.165, 1.54) is 0 Å². The molecule has 33 heavy (non-hydrogen) atoms. The van der Waals surface area contributed by atoms with E-state index >= 15 is 0 Å². The van der Waals surface area contributed by atoms with Gasteiger partial charge in [-0.25, -0.2) is 0 Å². The van der Waals surface area contributed by atoms with Crippen LogP contribution in [0.15, 0.2) is 91.0 Å². The van der Waals surface area contributed by atoms with Crippen LogP contribution in [0.2, 0.25) is 0 Å². The van der Waals surface area contributed by atoms with Crippen molar-refractivity contribution in [1.29, 1.82) is 0 Å². The number of rotatable bonds is 9. The van der Waals surface area contributed by atoms with Gasteiger partial charge in [0.1, 0.15) is 0 Å². The molecule has 174 valence electrons. The summed E-state index contributed by atoms with van der Waals surface area (Å²) in [4.78, 5) is 0. The van der Waals surface area contributed by atoms with Crippen molar-refractivity contribution >= 4 is 109 Å². The van der Waals surface area contributed by atoms with Crippen LogP contribution in [0, 0.1) is 0 Å². The van der Waals surface area contributed by atoms with Gasteiger partial charge in [0, 0.05) is 0 Å². The molecule has 0 radical (unpaired) electrons. The van der Waals surface area contributed by atoms with Gasteiger partial charge in [0.05, 0.1) is 13.2 Å². The van der Waals surface area contributed by atoms with Crippen LogP contribution >= 0.6 is 69.6 Å². The summed E-state index contributed by atoms with van der Waals surface area (Å²) in [6.45, 7) is -0.478. The van der Waals surface area contributed by atoms with Crippen molar-refractivity contribution in [3.8, 4) is 0 Å². The van der Waals surface area contributed by atoms with Gasteiger partial charge in [-0.2, -0.15) is 0 Å². The van der Waals surface area contributed by atoms with Gasteiger partial charge >= 0.3 is 15.1 Å². The number of hydrogen-bond acceptors (Lipinski definition) is 3. The van der Waals surface area contributed by atoms with Crippen molar-refractivity contribution in [3.63, 3.8) is 0 Å². The lowest BCUT2D eigenvalue weighted by Gasteiger charge is -2.36. The predicted octanol–water partition coefficient (Wildman–Crippen LogP) is 5.43. The minimum Gasteiger partial charge on any atom is -0.489 e. The predicted molar refractivity (Wildman–Crippen MR) is 143 cm³/mol. The van der Waals surface area contributed by atoms with Crippen molar-refractivity contribution in [2.24, 2.45) is 0 Å². The van der Waals surface area contributed by atoms with E-state index in [2.05, 4.69) is 0 Å². The van der Waals surface area contributed by atoms with Crippen LogP contribution in [-0.2, 0) is 11.1 Å². The normalized spacial score (nSPS) is 12.5. The van der Waals surface area contributed by atoms with Gasteiger partial charge < -0.3 is 11.1 Å². The van der Waals surface area contributed by atoms with Crippen molar-refractivity contribution in [2.45, 2.75) is 7.59 Å². The minimum absolute atomic E-state index is 0.239. The third-order valence-corrected chi connectivity index (χ3v) is 11.7. The number of alkyl halides is 6. The van der Waals surface area contributed by atoms with Gasteiger partial charge in [-0.3, -0.25) is 0 Å². The maximum Gasteiger partial charge on any atom is 0.895 e. The Morgan fingerprint density at radius 3 is 1.12 bits per heavy atom. The van der Waals surface area contributed by atoms with E-state index in [-0.39, 0.29) is 13.2 Å². The summed E-state index contributed by atoms with van der Waals surface area (Å²) >= 11 is 32.6. The van der Waals surface area contributed by atoms with E-state index in [0.29, 0.717) is 0 Å². The van der Waals surface area contributed by atoms with E-state index in [9.17, 15) is 0 Å². The molecule has 0 N–H and O–H groups in total. The van der Waals surface area contributed by atoms with Crippen molar-refractivity contribution in [2.75, 3.05) is 13.2 Å². The van der Waals surface area contributed by atoms with E-state index in [4.69, 9.17) is 80.7 Å². The first kappa shape index (κ1) is 27.6. The monoisotopic (exact) mass is 596 g/mol. The fraction of sp³-hybridized carbons (Fsp3) is 0.182. The van der Waals surface area contributed by atoms with Crippen LogP contribution in [0.25, 0.3) is 0 Å². The number of hydrogen-bond donors (Lipinski definition) is 0. The lowest BCUT2D eigenvalue weighted by Crippen LogP contribution is -2.71. The summed E-state index contributed by atoms with van der Waals surface area (Å²) in [5.74, 6) is 0. The summed E-state index contributed by atoms with van der Waals surface area (Å²) < 4.78 is 15.3. The molecule has 0 fully saturated rings. The van der Waals surface area contributed by atoms with Gasteiger partial charge in [0.25, 0.3) is 8.32 Å². The smallest absolute Gasteiger partial charge is 0.489 e. The molecule has 0 saturated carbocycles. The molecule has 0 atom stereocenters. The Morgan fingerprint density at radius 1 is 0.545 bits per heavy atom. The first-order chi connectivity index (χ1) is 15.6. The number of halogens is 6. The average molecular weight is 599 g/mol. The summed E-state index contributed by atoms with van der Waals surface area (Å²) in [7, 11) is -3.13. The molecule has 3 rings (SSSR count). The molecular weight excluding hydrogens is 580 g/mol. The zero-order chi connectivity index (χ0) is 24.0. The molecule has 3 aromatic carbocycles. The van der Waals surface area contributed by atoms with Crippen LogP contribution in [0.3, 0.4) is 0 Å². The van der Waals surface area contributed by atoms with Gasteiger partial charge in [0.2, 0.25) is 7.59 Å². The van der Waals surface area contributed by atoms with Crippen LogP contribution in [-0.4, -0.2) is 44.3 Å². The lowest BCUT2D eigenvalue weighted by molar-refractivity contribution is 0.144. The van der Waals surface area contributed by atoms with Crippen LogP contribution < -0.4 is 15.6 Å². The number of benzene rings is 3. The Balaban J connectivity index is 2.13. The van der Waals surface area contributed by atoms with E-state index in [1.807, 2.05) is 91.0 Å². The maximum absolute atomic E-state index is 6.87.